The molecule has 3 aromatic rings. The van der Waals surface area contributed by atoms with Crippen LogP contribution in [0.15, 0.2) is 30.6 Å². The Balaban J connectivity index is 1.34. The van der Waals surface area contributed by atoms with E-state index in [0.29, 0.717) is 30.4 Å². The third kappa shape index (κ3) is 8.90. The highest BCUT2D eigenvalue weighted by atomic mass is 35.5. The molecular weight excluding hydrogens is 776 g/mol. The number of aromatic nitrogens is 4. The fourth-order valence-corrected chi connectivity index (χ4v) is 6.29. The van der Waals surface area contributed by atoms with E-state index in [1.807, 2.05) is 0 Å². The number of hydrogen-bond donors (Lipinski definition) is 1. The van der Waals surface area contributed by atoms with Gasteiger partial charge in [-0.15, -0.1) is 0 Å². The fraction of sp³-hybridized carbons (Fsp3) is 0.559. The number of nitrogens with zero attached hydrogens (tertiary/aromatic N) is 6. The molecule has 1 aromatic carbocycles. The van der Waals surface area contributed by atoms with Crippen LogP contribution in [0.4, 0.5) is 35.1 Å². The predicted octanol–water partition coefficient (Wildman–Crippen LogP) is 7.26. The second kappa shape index (κ2) is 15.0. The molecule has 2 aromatic heterocycles. The molecule has 300 valence electrons. The Morgan fingerprint density at radius 3 is 2.25 bits per heavy atom. The molecule has 21 heteroatoms. The summed E-state index contributed by atoms with van der Waals surface area (Å²) in [5.74, 6) is -8.70. The van der Waals surface area contributed by atoms with Gasteiger partial charge < -0.3 is 19.3 Å². The second-order valence-corrected chi connectivity index (χ2v) is 14.6. The van der Waals surface area contributed by atoms with E-state index in [4.69, 9.17) is 25.8 Å². The molecule has 12 nitrogen and oxygen atoms in total. The molecule has 55 heavy (non-hydrogen) atoms. The van der Waals surface area contributed by atoms with E-state index in [2.05, 4.69) is 16.3 Å². The number of aliphatic hydroxyl groups is 1. The van der Waals surface area contributed by atoms with Crippen molar-refractivity contribution in [1.82, 2.24) is 24.5 Å². The highest BCUT2D eigenvalue weighted by Crippen LogP contribution is 2.49. The Hall–Kier alpha value is -4.32. The Morgan fingerprint density at radius 1 is 1.07 bits per heavy atom. The fourth-order valence-electron chi connectivity index (χ4n) is 6.09. The average Bonchev–Trinajstić information content (AvgIpc) is 3.54. The Labute approximate surface area is 313 Å². The van der Waals surface area contributed by atoms with Crippen molar-refractivity contribution >= 4 is 23.5 Å². The summed E-state index contributed by atoms with van der Waals surface area (Å²) in [5.41, 5.74) is -7.02. The zero-order valence-corrected chi connectivity index (χ0v) is 30.4. The predicted molar refractivity (Wildman–Crippen MR) is 174 cm³/mol. The van der Waals surface area contributed by atoms with E-state index >= 15 is 0 Å². The number of aryl methyl sites for hydroxylation is 1. The van der Waals surface area contributed by atoms with Crippen molar-refractivity contribution in [3.63, 3.8) is 0 Å². The van der Waals surface area contributed by atoms with Gasteiger partial charge in [0.2, 0.25) is 0 Å². The second-order valence-electron chi connectivity index (χ2n) is 14.2. The van der Waals surface area contributed by atoms with Crippen LogP contribution >= 0.6 is 11.6 Å². The number of aliphatic hydroxyl groups excluding tert-OH is 1. The van der Waals surface area contributed by atoms with Crippen LogP contribution in [0.2, 0.25) is 5.02 Å². The minimum absolute atomic E-state index is 0.0152. The average molecular weight is 811 g/mol. The van der Waals surface area contributed by atoms with E-state index in [0.717, 1.165) is 24.3 Å². The maximum atomic E-state index is 14.2. The van der Waals surface area contributed by atoms with Crippen molar-refractivity contribution in [2.45, 2.75) is 101 Å². The number of hydrogen-bond acceptors (Lipinski definition) is 9. The van der Waals surface area contributed by atoms with Crippen LogP contribution in [0.25, 0.3) is 16.9 Å². The van der Waals surface area contributed by atoms with Gasteiger partial charge >= 0.3 is 24.2 Å². The first-order valence-corrected chi connectivity index (χ1v) is 17.1. The van der Waals surface area contributed by atoms with Crippen molar-refractivity contribution in [1.29, 1.82) is 5.26 Å². The molecule has 0 saturated heterocycles. The summed E-state index contributed by atoms with van der Waals surface area (Å²) in [6, 6.07) is 5.85. The molecule has 0 aliphatic heterocycles. The first-order chi connectivity index (χ1) is 25.4. The number of benzene rings is 1. The third-order valence-corrected chi connectivity index (χ3v) is 9.38. The molecule has 0 radical (unpaired) electrons. The van der Waals surface area contributed by atoms with Crippen molar-refractivity contribution < 1.29 is 64.0 Å². The van der Waals surface area contributed by atoms with Gasteiger partial charge in [-0.3, -0.25) is 14.5 Å². The van der Waals surface area contributed by atoms with E-state index in [1.54, 1.807) is 20.8 Å². The lowest BCUT2D eigenvalue weighted by Gasteiger charge is -2.32. The maximum Gasteiger partial charge on any atom is 0.459 e. The Kier molecular flexibility index (Phi) is 11.4. The van der Waals surface area contributed by atoms with Crippen molar-refractivity contribution in [3.8, 4) is 23.0 Å². The van der Waals surface area contributed by atoms with Gasteiger partial charge in [-0.05, 0) is 77.0 Å². The zero-order chi connectivity index (χ0) is 40.9. The van der Waals surface area contributed by atoms with Crippen molar-refractivity contribution in [2.75, 3.05) is 6.73 Å². The summed E-state index contributed by atoms with van der Waals surface area (Å²) in [7, 11) is 0.736. The van der Waals surface area contributed by atoms with Crippen molar-refractivity contribution in [3.05, 3.63) is 52.4 Å². The van der Waals surface area contributed by atoms with E-state index < -0.39 is 71.7 Å². The van der Waals surface area contributed by atoms with Crippen molar-refractivity contribution in [2.24, 2.45) is 13.0 Å². The summed E-state index contributed by atoms with van der Waals surface area (Å²) < 4.78 is 127. The number of nitriles is 1. The topological polar surface area (TPSA) is 145 Å². The molecule has 0 bridgehead atoms. The number of alkyl halides is 8. The molecule has 2 aliphatic rings. The number of carbonyl (C=O) groups excluding carboxylic acids is 2. The summed E-state index contributed by atoms with van der Waals surface area (Å²) in [4.78, 5) is 27.4. The quantitative estimate of drug-likeness (QED) is 0.120. The molecule has 1 unspecified atom stereocenters. The van der Waals surface area contributed by atoms with Gasteiger partial charge in [0.25, 0.3) is 12.4 Å². The minimum Gasteiger partial charge on any atom is -0.460 e. The van der Waals surface area contributed by atoms with Crippen LogP contribution < -0.4 is 0 Å². The van der Waals surface area contributed by atoms with Gasteiger partial charge in [0.05, 0.1) is 34.9 Å². The van der Waals surface area contributed by atoms with E-state index in [9.17, 15) is 55.1 Å². The summed E-state index contributed by atoms with van der Waals surface area (Å²) in [6.45, 7) is 2.83. The SMILES string of the molecule is Cn1nc(C(F)(F)C(F)(F)F)c(C(F)(F)F)c1-n1cc(-c2ccc(Cl)c(C(=O)N(COC(O)O[C@H]3CC[C@H](C(=O)OC(C)(C)C)CC3)C3(C#N)CC3)c2)cn1. The first-order valence-electron chi connectivity index (χ1n) is 16.7. The standard InChI is InChI=1S/C34H35ClF8N6O6/c1-30(2,3)55-28(51)18-5-8-21(9-6-18)54-29(52)53-17-48(31(16-44)11-12-31)27(50)22-13-19(7-10-23(22)35)20-14-45-49(15-20)26-24(33(38,39)40)25(46-47(26)4)32(36,37)34(41,42)43/h7,10,13-15,18,21,29,52H,5-6,8-9,11-12,17H2,1-4H3/t18-,21-,29?. The number of carbonyl (C=O) groups is 2. The minimum atomic E-state index is -6.39. The van der Waals surface area contributed by atoms with Gasteiger partial charge in [0.15, 0.2) is 11.5 Å². The number of amides is 1. The zero-order valence-electron chi connectivity index (χ0n) is 29.6. The molecule has 2 heterocycles. The molecule has 5 rings (SSSR count). The van der Waals surface area contributed by atoms with Gasteiger partial charge in [0, 0.05) is 18.8 Å². The van der Waals surface area contributed by atoms with Crippen LogP contribution in [0, 0.1) is 17.2 Å². The van der Waals surface area contributed by atoms with Gasteiger partial charge in [-0.1, -0.05) is 17.7 Å². The Morgan fingerprint density at radius 2 is 1.71 bits per heavy atom. The smallest absolute Gasteiger partial charge is 0.459 e. The number of rotatable bonds is 11. The molecule has 2 saturated carbocycles. The normalized spacial score (nSPS) is 19.4. The molecule has 2 aliphatic carbocycles. The van der Waals surface area contributed by atoms with Crippen LogP contribution in [0.1, 0.15) is 80.9 Å². The molecule has 1 amide bonds. The molecule has 1 N–H and O–H groups in total. The van der Waals surface area contributed by atoms with Gasteiger partial charge in [-0.25, -0.2) is 9.36 Å². The van der Waals surface area contributed by atoms with Crippen LogP contribution in [-0.2, 0) is 38.2 Å². The van der Waals surface area contributed by atoms with Gasteiger partial charge in [-0.2, -0.15) is 50.6 Å². The summed E-state index contributed by atoms with van der Waals surface area (Å²) >= 11 is 6.37. The monoisotopic (exact) mass is 810 g/mol. The number of ether oxygens (including phenoxy) is 3. The lowest BCUT2D eigenvalue weighted by molar-refractivity contribution is -0.295. The number of esters is 1. The largest absolute Gasteiger partial charge is 0.460 e. The number of halogens is 9. The highest BCUT2D eigenvalue weighted by molar-refractivity contribution is 6.34. The summed E-state index contributed by atoms with van der Waals surface area (Å²) in [6.07, 6.45) is -8.52. The highest BCUT2D eigenvalue weighted by Gasteiger charge is 2.64. The molecule has 2 fully saturated rings. The van der Waals surface area contributed by atoms with Gasteiger partial charge in [0.1, 0.15) is 23.4 Å². The Bertz CT molecular complexity index is 1960. The lowest BCUT2D eigenvalue weighted by Crippen LogP contribution is -2.44. The van der Waals surface area contributed by atoms with E-state index in [1.165, 1.54) is 18.2 Å². The lowest BCUT2D eigenvalue weighted by atomic mass is 9.87. The molecular formula is C34H35ClF8N6O6. The molecule has 0 spiro atoms. The summed E-state index contributed by atoms with van der Waals surface area (Å²) in [5, 5.41) is 27.0. The van der Waals surface area contributed by atoms with Crippen LogP contribution in [0.3, 0.4) is 0 Å². The van der Waals surface area contributed by atoms with Crippen LogP contribution in [-0.4, -0.2) is 78.1 Å². The first kappa shape index (κ1) is 41.8. The third-order valence-electron chi connectivity index (χ3n) is 9.05. The van der Waals surface area contributed by atoms with Crippen LogP contribution in [0.5, 0.6) is 0 Å². The van der Waals surface area contributed by atoms with E-state index in [-0.39, 0.29) is 51.1 Å². The molecule has 1 atom stereocenters. The maximum absolute atomic E-state index is 14.2.